The van der Waals surface area contributed by atoms with Crippen molar-refractivity contribution in [3.8, 4) is 0 Å². The van der Waals surface area contributed by atoms with Gasteiger partial charge in [-0.1, -0.05) is 12.1 Å². The Hall–Kier alpha value is -2.89. The molecule has 0 saturated heterocycles. The third kappa shape index (κ3) is 2.07. The number of hydrogen-bond acceptors (Lipinski definition) is 3. The first kappa shape index (κ1) is 12.2. The number of H-pyrrole nitrogens is 1. The number of halogens is 1. The number of nitrogens with one attached hydrogen (secondary N) is 2. The maximum Gasteiger partial charge on any atom is 0.256 e. The van der Waals surface area contributed by atoms with Gasteiger partial charge in [-0.05, 0) is 30.3 Å². The lowest BCUT2D eigenvalue weighted by Gasteiger charge is -2.03. The lowest BCUT2D eigenvalue weighted by Crippen LogP contribution is -2.12. The molecule has 2 aromatic carbocycles. The highest BCUT2D eigenvalue weighted by molar-refractivity contribution is 6.08. The maximum atomic E-state index is 13.8. The van der Waals surface area contributed by atoms with Crippen LogP contribution in [0.3, 0.4) is 0 Å². The SMILES string of the molecule is Nc1cccc(C(=O)Nc2n[nH]c3cccc(F)c23)c1. The average Bonchev–Trinajstić information content (AvgIpc) is 2.83. The molecule has 0 aliphatic carbocycles. The first-order valence-electron chi connectivity index (χ1n) is 5.94. The zero-order valence-corrected chi connectivity index (χ0v) is 10.4. The molecule has 0 bridgehead atoms. The van der Waals surface area contributed by atoms with E-state index in [1.165, 1.54) is 6.07 Å². The molecule has 0 saturated carbocycles. The van der Waals surface area contributed by atoms with Crippen molar-refractivity contribution in [1.29, 1.82) is 0 Å². The molecule has 3 aromatic rings. The summed E-state index contributed by atoms with van der Waals surface area (Å²) in [6.45, 7) is 0. The molecule has 5 nitrogen and oxygen atoms in total. The zero-order chi connectivity index (χ0) is 14.1. The van der Waals surface area contributed by atoms with Crippen LogP contribution in [0.4, 0.5) is 15.9 Å². The van der Waals surface area contributed by atoms with Crippen LogP contribution in [-0.4, -0.2) is 16.1 Å². The van der Waals surface area contributed by atoms with Crippen molar-refractivity contribution in [1.82, 2.24) is 10.2 Å². The molecule has 20 heavy (non-hydrogen) atoms. The molecular formula is C14H11FN4O. The van der Waals surface area contributed by atoms with Gasteiger partial charge in [-0.3, -0.25) is 9.89 Å². The average molecular weight is 270 g/mol. The Bertz CT molecular complexity index is 797. The van der Waals surface area contributed by atoms with Gasteiger partial charge in [0, 0.05) is 11.3 Å². The van der Waals surface area contributed by atoms with Crippen LogP contribution in [0, 0.1) is 5.82 Å². The number of nitrogens with zero attached hydrogens (tertiary/aromatic N) is 1. The lowest BCUT2D eigenvalue weighted by atomic mass is 10.2. The molecule has 1 heterocycles. The second kappa shape index (κ2) is 4.65. The highest BCUT2D eigenvalue weighted by Gasteiger charge is 2.14. The van der Waals surface area contributed by atoms with E-state index in [1.54, 1.807) is 36.4 Å². The first-order valence-corrected chi connectivity index (χ1v) is 5.94. The summed E-state index contributed by atoms with van der Waals surface area (Å²) in [6.07, 6.45) is 0. The Labute approximate surface area is 113 Å². The predicted octanol–water partition coefficient (Wildman–Crippen LogP) is 2.54. The molecule has 0 aliphatic heterocycles. The minimum atomic E-state index is -0.445. The van der Waals surface area contributed by atoms with Crippen LogP contribution in [0.15, 0.2) is 42.5 Å². The van der Waals surface area contributed by atoms with Crippen molar-refractivity contribution in [2.24, 2.45) is 0 Å². The molecule has 100 valence electrons. The van der Waals surface area contributed by atoms with Gasteiger partial charge in [0.15, 0.2) is 5.82 Å². The number of fused-ring (bicyclic) bond motifs is 1. The van der Waals surface area contributed by atoms with Crippen molar-refractivity contribution < 1.29 is 9.18 Å². The molecule has 4 N–H and O–H groups in total. The summed E-state index contributed by atoms with van der Waals surface area (Å²) in [6, 6.07) is 11.1. The van der Waals surface area contributed by atoms with Crippen LogP contribution >= 0.6 is 0 Å². The van der Waals surface area contributed by atoms with Crippen molar-refractivity contribution in [3.63, 3.8) is 0 Å². The smallest absolute Gasteiger partial charge is 0.256 e. The quantitative estimate of drug-likeness (QED) is 0.626. The van der Waals surface area contributed by atoms with Crippen molar-refractivity contribution >= 4 is 28.3 Å². The van der Waals surface area contributed by atoms with Gasteiger partial charge in [0.1, 0.15) is 5.82 Å². The van der Waals surface area contributed by atoms with Crippen molar-refractivity contribution in [3.05, 3.63) is 53.8 Å². The van der Waals surface area contributed by atoms with E-state index in [9.17, 15) is 9.18 Å². The Morgan fingerprint density at radius 2 is 2.05 bits per heavy atom. The highest BCUT2D eigenvalue weighted by atomic mass is 19.1. The van der Waals surface area contributed by atoms with Crippen molar-refractivity contribution in [2.45, 2.75) is 0 Å². The number of aromatic amines is 1. The molecule has 1 amide bonds. The Morgan fingerprint density at radius 3 is 2.85 bits per heavy atom. The number of rotatable bonds is 2. The third-order valence-electron chi connectivity index (χ3n) is 2.92. The molecule has 0 fully saturated rings. The van der Waals surface area contributed by atoms with Crippen LogP contribution in [0.25, 0.3) is 10.9 Å². The van der Waals surface area contributed by atoms with Crippen LogP contribution < -0.4 is 11.1 Å². The van der Waals surface area contributed by atoms with E-state index >= 15 is 0 Å². The van der Waals surface area contributed by atoms with E-state index in [-0.39, 0.29) is 11.2 Å². The van der Waals surface area contributed by atoms with Gasteiger partial charge in [-0.2, -0.15) is 5.10 Å². The molecule has 0 atom stereocenters. The predicted molar refractivity (Wildman–Crippen MR) is 74.9 cm³/mol. The topological polar surface area (TPSA) is 83.8 Å². The summed E-state index contributed by atoms with van der Waals surface area (Å²) in [5.41, 5.74) is 7.01. The second-order valence-corrected chi connectivity index (χ2v) is 4.31. The molecular weight excluding hydrogens is 259 g/mol. The molecule has 0 radical (unpaired) electrons. The molecule has 0 unspecified atom stereocenters. The number of carbonyl (C=O) groups is 1. The standard InChI is InChI=1S/C14H11FN4O/c15-10-5-2-6-11-12(10)13(19-18-11)17-14(20)8-3-1-4-9(16)7-8/h1-7H,16H2,(H2,17,18,19,20). The number of hydrogen-bond donors (Lipinski definition) is 3. The van der Waals surface area contributed by atoms with Crippen molar-refractivity contribution in [2.75, 3.05) is 11.1 Å². The van der Waals surface area contributed by atoms with E-state index in [0.717, 1.165) is 0 Å². The van der Waals surface area contributed by atoms with E-state index in [1.807, 2.05) is 0 Å². The van der Waals surface area contributed by atoms with Gasteiger partial charge >= 0.3 is 0 Å². The summed E-state index contributed by atoms with van der Waals surface area (Å²) in [4.78, 5) is 12.1. The first-order chi connectivity index (χ1) is 9.65. The Kier molecular flexibility index (Phi) is 2.83. The van der Waals surface area contributed by atoms with E-state index < -0.39 is 11.7 Å². The van der Waals surface area contributed by atoms with E-state index in [2.05, 4.69) is 15.5 Å². The number of nitrogens with two attached hydrogens (primary N) is 1. The Balaban J connectivity index is 1.96. The minimum absolute atomic E-state index is 0.158. The number of aromatic nitrogens is 2. The molecule has 0 aliphatic rings. The third-order valence-corrected chi connectivity index (χ3v) is 2.92. The zero-order valence-electron chi connectivity index (χ0n) is 10.4. The monoisotopic (exact) mass is 270 g/mol. The highest BCUT2D eigenvalue weighted by Crippen LogP contribution is 2.23. The van der Waals surface area contributed by atoms with E-state index in [0.29, 0.717) is 16.8 Å². The summed E-state index contributed by atoms with van der Waals surface area (Å²) in [7, 11) is 0. The fraction of sp³-hybridized carbons (Fsp3) is 0. The fourth-order valence-electron chi connectivity index (χ4n) is 1.98. The minimum Gasteiger partial charge on any atom is -0.399 e. The largest absolute Gasteiger partial charge is 0.399 e. The summed E-state index contributed by atoms with van der Waals surface area (Å²) < 4.78 is 13.8. The second-order valence-electron chi connectivity index (χ2n) is 4.31. The molecule has 3 rings (SSSR count). The summed E-state index contributed by atoms with van der Waals surface area (Å²) in [5, 5.41) is 9.41. The number of benzene rings is 2. The van der Waals surface area contributed by atoms with Crippen LogP contribution in [0.1, 0.15) is 10.4 Å². The van der Waals surface area contributed by atoms with Gasteiger partial charge in [0.2, 0.25) is 0 Å². The van der Waals surface area contributed by atoms with Crippen LogP contribution in [0.2, 0.25) is 0 Å². The maximum absolute atomic E-state index is 13.8. The number of amides is 1. The lowest BCUT2D eigenvalue weighted by molar-refractivity contribution is 0.102. The van der Waals surface area contributed by atoms with Gasteiger partial charge in [0.05, 0.1) is 10.9 Å². The Morgan fingerprint density at radius 1 is 1.25 bits per heavy atom. The van der Waals surface area contributed by atoms with Gasteiger partial charge < -0.3 is 11.1 Å². The fourth-order valence-corrected chi connectivity index (χ4v) is 1.98. The number of anilines is 2. The summed E-state index contributed by atoms with van der Waals surface area (Å²) >= 11 is 0. The molecule has 1 aromatic heterocycles. The number of carbonyl (C=O) groups excluding carboxylic acids is 1. The van der Waals surface area contributed by atoms with Gasteiger partial charge in [0.25, 0.3) is 5.91 Å². The van der Waals surface area contributed by atoms with Crippen LogP contribution in [0.5, 0.6) is 0 Å². The normalized spacial score (nSPS) is 10.7. The summed E-state index contributed by atoms with van der Waals surface area (Å²) in [5.74, 6) is -0.682. The van der Waals surface area contributed by atoms with Gasteiger partial charge in [-0.25, -0.2) is 4.39 Å². The van der Waals surface area contributed by atoms with Gasteiger partial charge in [-0.15, -0.1) is 0 Å². The number of nitrogen functional groups attached to an aromatic ring is 1. The van der Waals surface area contributed by atoms with E-state index in [4.69, 9.17) is 5.73 Å². The van der Waals surface area contributed by atoms with Crippen LogP contribution in [-0.2, 0) is 0 Å². The molecule has 0 spiro atoms. The molecule has 6 heteroatoms.